The Morgan fingerprint density at radius 3 is 2.38 bits per heavy atom. The summed E-state index contributed by atoms with van der Waals surface area (Å²) in [6, 6.07) is 0.558. The van der Waals surface area contributed by atoms with Crippen LogP contribution in [0.25, 0.3) is 0 Å². The Morgan fingerprint density at radius 2 is 1.92 bits per heavy atom. The molecule has 3 nitrogen and oxygen atoms in total. The van der Waals surface area contributed by atoms with Crippen molar-refractivity contribution in [3.8, 4) is 0 Å². The highest BCUT2D eigenvalue weighted by atomic mass is 15.6. The molecule has 0 saturated heterocycles. The number of nitrogens with zero attached hydrogens (tertiary/aromatic N) is 3. The minimum atomic E-state index is 0.558. The molecular weight excluding hydrogens is 162 g/mol. The maximum Gasteiger partial charge on any atom is 0.127 e. The van der Waals surface area contributed by atoms with E-state index in [1.807, 2.05) is 12.1 Å². The van der Waals surface area contributed by atoms with Crippen LogP contribution in [-0.2, 0) is 0 Å². The molecule has 0 unspecified atom stereocenters. The molecular formula is C10H21N3. The van der Waals surface area contributed by atoms with Gasteiger partial charge in [-0.1, -0.05) is 13.8 Å². The van der Waals surface area contributed by atoms with Crippen molar-refractivity contribution >= 4 is 5.84 Å². The van der Waals surface area contributed by atoms with Gasteiger partial charge in [0.1, 0.15) is 12.5 Å². The molecule has 3 heteroatoms. The van der Waals surface area contributed by atoms with Gasteiger partial charge in [0.25, 0.3) is 0 Å². The van der Waals surface area contributed by atoms with Crippen LogP contribution in [0.1, 0.15) is 34.1 Å². The molecule has 0 aromatic carbocycles. The minimum Gasteiger partial charge on any atom is -0.337 e. The molecule has 1 heterocycles. The monoisotopic (exact) mass is 183 g/mol. The van der Waals surface area contributed by atoms with Gasteiger partial charge in [-0.05, 0) is 19.8 Å². The Hall–Kier alpha value is -0.730. The number of rotatable bonds is 3. The van der Waals surface area contributed by atoms with Gasteiger partial charge in [-0.15, -0.1) is 0 Å². The van der Waals surface area contributed by atoms with Gasteiger partial charge in [0.15, 0.2) is 0 Å². The van der Waals surface area contributed by atoms with Crippen LogP contribution >= 0.6 is 0 Å². The van der Waals surface area contributed by atoms with E-state index in [4.69, 9.17) is 0 Å². The summed E-state index contributed by atoms with van der Waals surface area (Å²) < 4.78 is 0. The highest BCUT2D eigenvalue weighted by Crippen LogP contribution is 2.15. The van der Waals surface area contributed by atoms with Crippen molar-refractivity contribution in [2.45, 2.75) is 40.2 Å². The first-order valence-corrected chi connectivity index (χ1v) is 5.06. The summed E-state index contributed by atoms with van der Waals surface area (Å²) in [5.41, 5.74) is 0. The first-order chi connectivity index (χ1) is 6.00. The molecule has 0 amide bonds. The fourth-order valence-electron chi connectivity index (χ4n) is 1.57. The normalized spacial score (nSPS) is 17.6. The average Bonchev–Trinajstić information content (AvgIpc) is 2.29. The Kier molecular flexibility index (Phi) is 3.17. The van der Waals surface area contributed by atoms with Gasteiger partial charge in [-0.3, -0.25) is 5.01 Å². The number of hydrogen-bond donors (Lipinski definition) is 0. The predicted octanol–water partition coefficient (Wildman–Crippen LogP) is 1.96. The highest BCUT2D eigenvalue weighted by molar-refractivity contribution is 5.83. The first kappa shape index (κ1) is 10.4. The van der Waals surface area contributed by atoms with Crippen molar-refractivity contribution in [3.63, 3.8) is 0 Å². The molecule has 0 saturated carbocycles. The summed E-state index contributed by atoms with van der Waals surface area (Å²) >= 11 is 0. The molecule has 1 aliphatic rings. The minimum absolute atomic E-state index is 0.558. The van der Waals surface area contributed by atoms with E-state index in [-0.39, 0.29) is 0 Å². The first-order valence-electron chi connectivity index (χ1n) is 5.06. The second-order valence-electron chi connectivity index (χ2n) is 4.48. The summed E-state index contributed by atoms with van der Waals surface area (Å²) in [5, 5.41) is 6.52. The molecule has 0 atom stereocenters. The molecule has 13 heavy (non-hydrogen) atoms. The molecule has 0 aromatic heterocycles. The number of hydrogen-bond acceptors (Lipinski definition) is 3. The topological polar surface area (TPSA) is 18.8 Å². The lowest BCUT2D eigenvalue weighted by molar-refractivity contribution is 0.244. The molecule has 0 fully saturated rings. The molecule has 0 radical (unpaired) electrons. The Labute approximate surface area is 81.4 Å². The van der Waals surface area contributed by atoms with Gasteiger partial charge < -0.3 is 4.90 Å². The fourth-order valence-corrected chi connectivity index (χ4v) is 1.57. The van der Waals surface area contributed by atoms with Crippen LogP contribution in [0.15, 0.2) is 5.10 Å². The van der Waals surface area contributed by atoms with E-state index in [0.717, 1.165) is 13.1 Å². The molecule has 0 aromatic rings. The van der Waals surface area contributed by atoms with E-state index in [1.54, 1.807) is 0 Å². The van der Waals surface area contributed by atoms with Crippen LogP contribution in [-0.4, -0.2) is 35.5 Å². The average molecular weight is 183 g/mol. The van der Waals surface area contributed by atoms with Crippen molar-refractivity contribution in [2.24, 2.45) is 11.0 Å². The van der Waals surface area contributed by atoms with Crippen LogP contribution in [0.4, 0.5) is 0 Å². The Balaban J connectivity index is 2.62. The second-order valence-corrected chi connectivity index (χ2v) is 4.48. The summed E-state index contributed by atoms with van der Waals surface area (Å²) in [5.74, 6) is 1.93. The van der Waals surface area contributed by atoms with Crippen molar-refractivity contribution in [1.29, 1.82) is 0 Å². The van der Waals surface area contributed by atoms with Gasteiger partial charge in [0, 0.05) is 19.5 Å². The fraction of sp³-hybridized carbons (Fsp3) is 0.900. The predicted molar refractivity (Wildman–Crippen MR) is 56.5 cm³/mol. The van der Waals surface area contributed by atoms with E-state index >= 15 is 0 Å². The lowest BCUT2D eigenvalue weighted by atomic mass is 10.1. The number of amidine groups is 1. The van der Waals surface area contributed by atoms with E-state index in [2.05, 4.69) is 37.7 Å². The van der Waals surface area contributed by atoms with Crippen molar-refractivity contribution in [3.05, 3.63) is 0 Å². The smallest absolute Gasteiger partial charge is 0.127 e. The zero-order valence-corrected chi connectivity index (χ0v) is 9.41. The Bertz CT molecular complexity index is 196. The van der Waals surface area contributed by atoms with Gasteiger partial charge in [-0.2, -0.15) is 5.10 Å². The summed E-state index contributed by atoms with van der Waals surface area (Å²) in [7, 11) is 2.03. The van der Waals surface area contributed by atoms with Gasteiger partial charge in [0.2, 0.25) is 0 Å². The van der Waals surface area contributed by atoms with Gasteiger partial charge in [-0.25, -0.2) is 0 Å². The third kappa shape index (κ3) is 2.61. The van der Waals surface area contributed by atoms with E-state index < -0.39 is 0 Å². The van der Waals surface area contributed by atoms with E-state index in [9.17, 15) is 0 Å². The van der Waals surface area contributed by atoms with E-state index in [0.29, 0.717) is 12.0 Å². The van der Waals surface area contributed by atoms with Gasteiger partial charge in [0.05, 0.1) is 0 Å². The summed E-state index contributed by atoms with van der Waals surface area (Å²) in [4.78, 5) is 2.36. The lowest BCUT2D eigenvalue weighted by Crippen LogP contribution is -2.36. The van der Waals surface area contributed by atoms with Crippen LogP contribution in [0.5, 0.6) is 0 Å². The molecule has 0 N–H and O–H groups in total. The van der Waals surface area contributed by atoms with Crippen LogP contribution in [0.2, 0.25) is 0 Å². The lowest BCUT2D eigenvalue weighted by Gasteiger charge is -2.25. The highest BCUT2D eigenvalue weighted by Gasteiger charge is 2.22. The molecule has 0 aliphatic carbocycles. The molecule has 1 aliphatic heterocycles. The maximum absolute atomic E-state index is 4.51. The second kappa shape index (κ2) is 3.99. The summed E-state index contributed by atoms with van der Waals surface area (Å²) in [6.07, 6.45) is 1.09. The van der Waals surface area contributed by atoms with Gasteiger partial charge >= 0.3 is 0 Å². The zero-order valence-electron chi connectivity index (χ0n) is 9.41. The number of hydrazone groups is 1. The van der Waals surface area contributed by atoms with Crippen LogP contribution in [0.3, 0.4) is 0 Å². The molecule has 0 bridgehead atoms. The Morgan fingerprint density at radius 1 is 1.31 bits per heavy atom. The van der Waals surface area contributed by atoms with Crippen molar-refractivity contribution < 1.29 is 0 Å². The molecule has 76 valence electrons. The van der Waals surface area contributed by atoms with Crippen LogP contribution in [0, 0.1) is 5.92 Å². The third-order valence-electron chi connectivity index (χ3n) is 2.19. The van der Waals surface area contributed by atoms with Crippen molar-refractivity contribution in [2.75, 3.05) is 13.7 Å². The standard InChI is InChI=1S/C10H21N3/c1-8(2)6-10-11-12(5)7-13(10)9(3)4/h8-9H,6-7H2,1-5H3. The SMILES string of the molecule is CC(C)CC1=NN(C)CN1C(C)C. The largest absolute Gasteiger partial charge is 0.337 e. The third-order valence-corrected chi connectivity index (χ3v) is 2.19. The quantitative estimate of drug-likeness (QED) is 0.666. The maximum atomic E-state index is 4.51. The van der Waals surface area contributed by atoms with Crippen LogP contribution < -0.4 is 0 Å². The zero-order chi connectivity index (χ0) is 10.0. The van der Waals surface area contributed by atoms with Crippen molar-refractivity contribution in [1.82, 2.24) is 9.91 Å². The molecule has 0 spiro atoms. The van der Waals surface area contributed by atoms with E-state index in [1.165, 1.54) is 5.84 Å². The molecule has 1 rings (SSSR count). The summed E-state index contributed by atoms with van der Waals surface area (Å²) in [6.45, 7) is 9.85.